The zero-order valence-electron chi connectivity index (χ0n) is 15.8. The Balaban J connectivity index is 1.60. The second-order valence-electron chi connectivity index (χ2n) is 7.58. The van der Waals surface area contributed by atoms with Crippen LogP contribution in [-0.4, -0.2) is 53.2 Å². The number of β-amino-alcohol motifs (C(OH)–C–C–N with tert-alkyl or cyclic N) is 1. The summed E-state index contributed by atoms with van der Waals surface area (Å²) in [5, 5.41) is 13.2. The number of fused-ring (bicyclic) bond motifs is 1. The van der Waals surface area contributed by atoms with Gasteiger partial charge in [0.15, 0.2) is 0 Å². The first-order chi connectivity index (χ1) is 13.5. The minimum absolute atomic E-state index is 0.131. The van der Waals surface area contributed by atoms with E-state index in [0.29, 0.717) is 12.8 Å². The second kappa shape index (κ2) is 7.28. The summed E-state index contributed by atoms with van der Waals surface area (Å²) in [5.74, 6) is 0.408. The predicted octanol–water partition coefficient (Wildman–Crippen LogP) is 1.31. The van der Waals surface area contributed by atoms with Crippen LogP contribution in [0.1, 0.15) is 17.5 Å². The number of hydrogen-bond acceptors (Lipinski definition) is 4. The van der Waals surface area contributed by atoms with E-state index in [4.69, 9.17) is 4.74 Å². The van der Waals surface area contributed by atoms with Crippen LogP contribution in [0.3, 0.4) is 0 Å². The molecule has 2 aliphatic heterocycles. The fraction of sp³-hybridized carbons (Fsp3) is 0.364. The molecule has 2 fully saturated rings. The van der Waals surface area contributed by atoms with Crippen molar-refractivity contribution in [2.75, 3.05) is 13.7 Å². The van der Waals surface area contributed by atoms with Gasteiger partial charge in [0.1, 0.15) is 17.3 Å². The smallest absolute Gasteiger partial charge is 0.247 e. The first-order valence-corrected chi connectivity index (χ1v) is 9.49. The molecule has 2 amide bonds. The van der Waals surface area contributed by atoms with E-state index < -0.39 is 17.7 Å². The first kappa shape index (κ1) is 18.5. The van der Waals surface area contributed by atoms with Crippen molar-refractivity contribution in [2.24, 2.45) is 0 Å². The fourth-order valence-electron chi connectivity index (χ4n) is 4.33. The Morgan fingerprint density at radius 1 is 1.11 bits per heavy atom. The highest BCUT2D eigenvalue weighted by Gasteiger charge is 2.57. The molecule has 6 heteroatoms. The number of piperazine rings is 1. The van der Waals surface area contributed by atoms with E-state index in [1.54, 1.807) is 12.0 Å². The molecule has 0 saturated carbocycles. The average Bonchev–Trinajstić information content (AvgIpc) is 3.05. The van der Waals surface area contributed by atoms with Crippen LogP contribution in [0, 0.1) is 0 Å². The summed E-state index contributed by atoms with van der Waals surface area (Å²) in [4.78, 5) is 27.9. The van der Waals surface area contributed by atoms with Crippen molar-refractivity contribution in [1.82, 2.24) is 10.2 Å². The molecule has 2 aromatic carbocycles. The van der Waals surface area contributed by atoms with Gasteiger partial charge in [-0.1, -0.05) is 42.5 Å². The summed E-state index contributed by atoms with van der Waals surface area (Å²) in [6, 6.07) is 16.5. The molecule has 0 bridgehead atoms. The molecule has 2 N–H and O–H groups in total. The highest BCUT2D eigenvalue weighted by Crippen LogP contribution is 2.37. The summed E-state index contributed by atoms with van der Waals surface area (Å²) in [6.45, 7) is 0.188. The SMILES string of the molecule is COc1ccc(CC23C[C@@H](O)CN2C(=O)[C@H](Cc2ccccc2)NC3=O)cc1. The van der Waals surface area contributed by atoms with Crippen LogP contribution < -0.4 is 10.1 Å². The average molecular weight is 380 g/mol. The van der Waals surface area contributed by atoms with E-state index in [9.17, 15) is 14.7 Å². The molecule has 28 heavy (non-hydrogen) atoms. The molecule has 0 radical (unpaired) electrons. The Hall–Kier alpha value is -2.86. The van der Waals surface area contributed by atoms with Crippen LogP contribution in [0.5, 0.6) is 5.75 Å². The van der Waals surface area contributed by atoms with Crippen LogP contribution in [-0.2, 0) is 22.4 Å². The zero-order valence-corrected chi connectivity index (χ0v) is 15.8. The molecule has 2 heterocycles. The van der Waals surface area contributed by atoms with Gasteiger partial charge in [-0.3, -0.25) is 9.59 Å². The molecule has 6 nitrogen and oxygen atoms in total. The lowest BCUT2D eigenvalue weighted by atomic mass is 9.83. The lowest BCUT2D eigenvalue weighted by Gasteiger charge is -2.44. The van der Waals surface area contributed by atoms with Gasteiger partial charge in [-0.15, -0.1) is 0 Å². The molecular weight excluding hydrogens is 356 g/mol. The van der Waals surface area contributed by atoms with Gasteiger partial charge in [0.25, 0.3) is 0 Å². The quantitative estimate of drug-likeness (QED) is 0.820. The van der Waals surface area contributed by atoms with E-state index >= 15 is 0 Å². The standard InChI is InChI=1S/C22H24N2O4/c1-28-18-9-7-16(8-10-18)12-22-13-17(25)14-24(22)20(26)19(23-21(22)27)11-15-5-3-2-4-6-15/h2-10,17,19,25H,11-14H2,1H3,(H,23,27)/t17-,19+,22?/m1/s1. The Morgan fingerprint density at radius 2 is 1.82 bits per heavy atom. The molecule has 0 aliphatic carbocycles. The van der Waals surface area contributed by atoms with Gasteiger partial charge in [-0.2, -0.15) is 0 Å². The summed E-state index contributed by atoms with van der Waals surface area (Å²) in [6.07, 6.45) is 0.345. The number of aliphatic hydroxyl groups excluding tert-OH is 1. The fourth-order valence-corrected chi connectivity index (χ4v) is 4.33. The van der Waals surface area contributed by atoms with Crippen molar-refractivity contribution in [3.05, 3.63) is 65.7 Å². The normalized spacial score (nSPS) is 26.7. The number of ether oxygens (including phenoxy) is 1. The zero-order chi connectivity index (χ0) is 19.7. The lowest BCUT2D eigenvalue weighted by molar-refractivity contribution is -0.154. The van der Waals surface area contributed by atoms with E-state index in [-0.39, 0.29) is 24.8 Å². The maximum absolute atomic E-state index is 13.2. The number of aliphatic hydroxyl groups is 1. The number of carbonyl (C=O) groups is 2. The van der Waals surface area contributed by atoms with Crippen molar-refractivity contribution in [3.8, 4) is 5.75 Å². The third-order valence-electron chi connectivity index (χ3n) is 5.71. The van der Waals surface area contributed by atoms with Gasteiger partial charge in [0, 0.05) is 25.8 Å². The van der Waals surface area contributed by atoms with Crippen molar-refractivity contribution in [3.63, 3.8) is 0 Å². The third-order valence-corrected chi connectivity index (χ3v) is 5.71. The van der Waals surface area contributed by atoms with Crippen LogP contribution in [0.25, 0.3) is 0 Å². The first-order valence-electron chi connectivity index (χ1n) is 9.49. The van der Waals surface area contributed by atoms with Crippen LogP contribution >= 0.6 is 0 Å². The Morgan fingerprint density at radius 3 is 2.50 bits per heavy atom. The molecule has 2 aliphatic rings. The van der Waals surface area contributed by atoms with E-state index in [2.05, 4.69) is 5.32 Å². The molecular formula is C22H24N2O4. The Bertz CT molecular complexity index is 868. The number of rotatable bonds is 5. The Kier molecular flexibility index (Phi) is 4.81. The third kappa shape index (κ3) is 3.24. The maximum Gasteiger partial charge on any atom is 0.247 e. The highest BCUT2D eigenvalue weighted by molar-refractivity contribution is 6.00. The van der Waals surface area contributed by atoms with Gasteiger partial charge < -0.3 is 20.1 Å². The van der Waals surface area contributed by atoms with Gasteiger partial charge in [0.05, 0.1) is 13.2 Å². The van der Waals surface area contributed by atoms with Gasteiger partial charge in [0.2, 0.25) is 11.8 Å². The molecule has 2 aromatic rings. The summed E-state index contributed by atoms with van der Waals surface area (Å²) >= 11 is 0. The molecule has 0 spiro atoms. The second-order valence-corrected chi connectivity index (χ2v) is 7.58. The van der Waals surface area contributed by atoms with Crippen molar-refractivity contribution < 1.29 is 19.4 Å². The van der Waals surface area contributed by atoms with E-state index in [0.717, 1.165) is 16.9 Å². The van der Waals surface area contributed by atoms with Crippen LogP contribution in [0.4, 0.5) is 0 Å². The number of hydrogen-bond donors (Lipinski definition) is 2. The number of benzene rings is 2. The topological polar surface area (TPSA) is 78.9 Å². The van der Waals surface area contributed by atoms with Crippen LogP contribution in [0.2, 0.25) is 0 Å². The van der Waals surface area contributed by atoms with E-state index in [1.807, 2.05) is 54.6 Å². The minimum Gasteiger partial charge on any atom is -0.497 e. The lowest BCUT2D eigenvalue weighted by Crippen LogP contribution is -2.69. The monoisotopic (exact) mass is 380 g/mol. The molecule has 146 valence electrons. The number of nitrogens with zero attached hydrogens (tertiary/aromatic N) is 1. The predicted molar refractivity (Wildman–Crippen MR) is 104 cm³/mol. The van der Waals surface area contributed by atoms with Gasteiger partial charge >= 0.3 is 0 Å². The van der Waals surface area contributed by atoms with Crippen molar-refractivity contribution in [1.29, 1.82) is 0 Å². The summed E-state index contributed by atoms with van der Waals surface area (Å²) in [5.41, 5.74) is 0.867. The molecule has 4 rings (SSSR count). The van der Waals surface area contributed by atoms with Crippen molar-refractivity contribution >= 4 is 11.8 Å². The van der Waals surface area contributed by atoms with Crippen LogP contribution in [0.15, 0.2) is 54.6 Å². The number of carbonyl (C=O) groups excluding carboxylic acids is 2. The Labute approximate surface area is 164 Å². The van der Waals surface area contributed by atoms with Crippen molar-refractivity contribution in [2.45, 2.75) is 36.9 Å². The summed E-state index contributed by atoms with van der Waals surface area (Å²) < 4.78 is 5.19. The number of nitrogens with one attached hydrogen (secondary N) is 1. The molecule has 0 aromatic heterocycles. The van der Waals surface area contributed by atoms with E-state index in [1.165, 1.54) is 0 Å². The van der Waals surface area contributed by atoms with Gasteiger partial charge in [-0.05, 0) is 23.3 Å². The molecule has 1 unspecified atom stereocenters. The molecule has 2 saturated heterocycles. The highest BCUT2D eigenvalue weighted by atomic mass is 16.5. The molecule has 3 atom stereocenters. The number of methoxy groups -OCH3 is 1. The number of amides is 2. The minimum atomic E-state index is -1.04. The summed E-state index contributed by atoms with van der Waals surface area (Å²) in [7, 11) is 1.60. The maximum atomic E-state index is 13.2. The van der Waals surface area contributed by atoms with Gasteiger partial charge in [-0.25, -0.2) is 0 Å². The largest absolute Gasteiger partial charge is 0.497 e.